The van der Waals surface area contributed by atoms with Gasteiger partial charge in [0.2, 0.25) is 0 Å². The highest BCUT2D eigenvalue weighted by Gasteiger charge is 1.96. The highest BCUT2D eigenvalue weighted by Crippen LogP contribution is 2.18. The molecule has 0 heterocycles. The van der Waals surface area contributed by atoms with Crippen LogP contribution in [0.25, 0.3) is 6.08 Å². The van der Waals surface area contributed by atoms with Crippen LogP contribution in [-0.2, 0) is 0 Å². The van der Waals surface area contributed by atoms with Gasteiger partial charge in [-0.05, 0) is 42.5 Å². The van der Waals surface area contributed by atoms with Crippen molar-refractivity contribution in [3.8, 4) is 0 Å². The van der Waals surface area contributed by atoms with Crippen molar-refractivity contribution in [2.45, 2.75) is 58.8 Å². The molecule has 1 heteroatoms. The largest absolute Gasteiger partial charge is 0.0843 e. The third-order valence-electron chi connectivity index (χ3n) is 3.35. The Morgan fingerprint density at radius 1 is 1.00 bits per heavy atom. The molecule has 1 aromatic rings. The molecular weight excluding hydrogens is 308 g/mol. The Morgan fingerprint density at radius 2 is 1.70 bits per heavy atom. The third-order valence-corrected chi connectivity index (χ3v) is 3.88. The van der Waals surface area contributed by atoms with E-state index in [2.05, 4.69) is 72.3 Å². The van der Waals surface area contributed by atoms with Crippen molar-refractivity contribution in [1.82, 2.24) is 0 Å². The van der Waals surface area contributed by atoms with Crippen LogP contribution < -0.4 is 0 Å². The molecule has 0 aromatic heterocycles. The minimum atomic E-state index is 1.14. The highest BCUT2D eigenvalue weighted by molar-refractivity contribution is 9.10. The minimum absolute atomic E-state index is 1.14. The maximum atomic E-state index is 3.49. The number of hydrogen-bond donors (Lipinski definition) is 0. The van der Waals surface area contributed by atoms with Gasteiger partial charge in [0.05, 0.1) is 0 Å². The summed E-state index contributed by atoms with van der Waals surface area (Å²) in [5, 5.41) is 0. The lowest BCUT2D eigenvalue weighted by molar-refractivity contribution is 0.720. The summed E-state index contributed by atoms with van der Waals surface area (Å²) in [6, 6.07) is 8.56. The Balaban J connectivity index is 2.68. The smallest absolute Gasteiger partial charge is 0.0175 e. The average molecular weight is 335 g/mol. The van der Waals surface area contributed by atoms with Crippen molar-refractivity contribution in [3.05, 3.63) is 52.0 Å². The summed E-state index contributed by atoms with van der Waals surface area (Å²) in [7, 11) is 0. The number of allylic oxidation sites excluding steroid dienone is 3. The van der Waals surface area contributed by atoms with Crippen LogP contribution in [0.2, 0.25) is 0 Å². The van der Waals surface area contributed by atoms with Crippen molar-refractivity contribution in [3.63, 3.8) is 0 Å². The molecule has 0 radical (unpaired) electrons. The molecular formula is C19H27Br. The standard InChI is InChI=1S/C19H27Br/c1-3-5-7-9-11-17(10-8-6-4-2)16-18-12-14-19(20)15-13-18/h9,11-16H,3-8,10H2,1-2H3/b11-9+,17-16+. The fourth-order valence-corrected chi connectivity index (χ4v) is 2.38. The van der Waals surface area contributed by atoms with Gasteiger partial charge in [-0.25, -0.2) is 0 Å². The first-order valence-corrected chi connectivity index (χ1v) is 8.68. The second kappa shape index (κ2) is 10.9. The Morgan fingerprint density at radius 3 is 2.35 bits per heavy atom. The summed E-state index contributed by atoms with van der Waals surface area (Å²) in [6.45, 7) is 4.50. The van der Waals surface area contributed by atoms with E-state index >= 15 is 0 Å². The highest BCUT2D eigenvalue weighted by atomic mass is 79.9. The van der Waals surface area contributed by atoms with Gasteiger partial charge in [-0.15, -0.1) is 0 Å². The van der Waals surface area contributed by atoms with E-state index in [1.807, 2.05) is 0 Å². The zero-order chi connectivity index (χ0) is 14.6. The third kappa shape index (κ3) is 7.69. The number of rotatable bonds is 9. The van der Waals surface area contributed by atoms with Gasteiger partial charge in [-0.1, -0.05) is 85.8 Å². The molecule has 0 saturated carbocycles. The molecule has 0 aliphatic carbocycles. The number of unbranched alkanes of at least 4 members (excludes halogenated alkanes) is 4. The fraction of sp³-hybridized carbons (Fsp3) is 0.474. The van der Waals surface area contributed by atoms with Gasteiger partial charge in [0, 0.05) is 4.47 Å². The van der Waals surface area contributed by atoms with Gasteiger partial charge in [-0.2, -0.15) is 0 Å². The molecule has 0 bridgehead atoms. The van der Waals surface area contributed by atoms with Crippen LogP contribution in [-0.4, -0.2) is 0 Å². The summed E-state index contributed by atoms with van der Waals surface area (Å²) in [6.07, 6.45) is 15.8. The fourth-order valence-electron chi connectivity index (χ4n) is 2.11. The molecule has 110 valence electrons. The second-order valence-electron chi connectivity index (χ2n) is 5.27. The summed E-state index contributed by atoms with van der Waals surface area (Å²) in [5.74, 6) is 0. The maximum absolute atomic E-state index is 3.49. The monoisotopic (exact) mass is 334 g/mol. The van der Waals surface area contributed by atoms with E-state index in [0.29, 0.717) is 0 Å². The summed E-state index contributed by atoms with van der Waals surface area (Å²) >= 11 is 3.49. The van der Waals surface area contributed by atoms with Crippen LogP contribution in [0.5, 0.6) is 0 Å². The lowest BCUT2D eigenvalue weighted by atomic mass is 10.0. The molecule has 0 saturated heterocycles. The molecule has 0 atom stereocenters. The van der Waals surface area contributed by atoms with Crippen molar-refractivity contribution < 1.29 is 0 Å². The lowest BCUT2D eigenvalue weighted by Crippen LogP contribution is -1.82. The van der Waals surface area contributed by atoms with Gasteiger partial charge in [0.25, 0.3) is 0 Å². The predicted molar refractivity (Wildman–Crippen MR) is 94.9 cm³/mol. The van der Waals surface area contributed by atoms with Crippen LogP contribution in [0, 0.1) is 0 Å². The van der Waals surface area contributed by atoms with Crippen molar-refractivity contribution >= 4 is 22.0 Å². The Bertz CT molecular complexity index is 412. The quantitative estimate of drug-likeness (QED) is 0.332. The number of hydrogen-bond acceptors (Lipinski definition) is 0. The van der Waals surface area contributed by atoms with Gasteiger partial charge in [0.1, 0.15) is 0 Å². The molecule has 0 amide bonds. The molecule has 1 rings (SSSR count). The Kier molecular flexibility index (Phi) is 9.40. The number of benzene rings is 1. The zero-order valence-corrected chi connectivity index (χ0v) is 14.5. The van der Waals surface area contributed by atoms with E-state index in [9.17, 15) is 0 Å². The molecule has 0 aliphatic rings. The van der Waals surface area contributed by atoms with Crippen molar-refractivity contribution in [2.24, 2.45) is 0 Å². The van der Waals surface area contributed by atoms with E-state index in [1.165, 1.54) is 56.1 Å². The first-order valence-electron chi connectivity index (χ1n) is 7.89. The van der Waals surface area contributed by atoms with E-state index in [0.717, 1.165) is 4.47 Å². The topological polar surface area (TPSA) is 0 Å². The SMILES string of the molecule is CCCC/C=C/C(=C/c1ccc(Br)cc1)CCCCC. The zero-order valence-electron chi connectivity index (χ0n) is 12.9. The predicted octanol–water partition coefficient (Wildman–Crippen LogP) is 7.16. The van der Waals surface area contributed by atoms with Crippen molar-refractivity contribution in [1.29, 1.82) is 0 Å². The minimum Gasteiger partial charge on any atom is -0.0843 e. The molecule has 1 aromatic carbocycles. The number of halogens is 1. The normalized spacial score (nSPS) is 12.2. The molecule has 0 spiro atoms. The van der Waals surface area contributed by atoms with Crippen LogP contribution in [0.1, 0.15) is 64.4 Å². The summed E-state index contributed by atoms with van der Waals surface area (Å²) in [5.41, 5.74) is 2.75. The van der Waals surface area contributed by atoms with Gasteiger partial charge >= 0.3 is 0 Å². The molecule has 0 unspecified atom stereocenters. The summed E-state index contributed by atoms with van der Waals surface area (Å²) < 4.78 is 1.14. The molecule has 0 fully saturated rings. The first-order chi connectivity index (χ1) is 9.76. The molecule has 20 heavy (non-hydrogen) atoms. The van der Waals surface area contributed by atoms with Gasteiger partial charge < -0.3 is 0 Å². The molecule has 0 N–H and O–H groups in total. The van der Waals surface area contributed by atoms with E-state index in [1.54, 1.807) is 0 Å². The van der Waals surface area contributed by atoms with E-state index < -0.39 is 0 Å². The van der Waals surface area contributed by atoms with Gasteiger partial charge in [0.15, 0.2) is 0 Å². The van der Waals surface area contributed by atoms with Crippen LogP contribution in [0.15, 0.2) is 46.5 Å². The average Bonchev–Trinajstić information content (AvgIpc) is 2.46. The Hall–Kier alpha value is -0.820. The summed E-state index contributed by atoms with van der Waals surface area (Å²) in [4.78, 5) is 0. The van der Waals surface area contributed by atoms with Crippen LogP contribution in [0.3, 0.4) is 0 Å². The first kappa shape index (κ1) is 17.2. The van der Waals surface area contributed by atoms with E-state index in [-0.39, 0.29) is 0 Å². The molecule has 0 nitrogen and oxygen atoms in total. The van der Waals surface area contributed by atoms with Crippen LogP contribution in [0.4, 0.5) is 0 Å². The van der Waals surface area contributed by atoms with Crippen molar-refractivity contribution in [2.75, 3.05) is 0 Å². The van der Waals surface area contributed by atoms with Gasteiger partial charge in [-0.3, -0.25) is 0 Å². The molecule has 0 aliphatic heterocycles. The Labute approximate surface area is 133 Å². The van der Waals surface area contributed by atoms with E-state index in [4.69, 9.17) is 0 Å². The maximum Gasteiger partial charge on any atom is 0.0175 e. The second-order valence-corrected chi connectivity index (χ2v) is 6.19. The van der Waals surface area contributed by atoms with Crippen LogP contribution >= 0.6 is 15.9 Å². The lowest BCUT2D eigenvalue weighted by Gasteiger charge is -2.03.